The van der Waals surface area contributed by atoms with E-state index >= 15 is 0 Å². The smallest absolute Gasteiger partial charge is 0.182 e. The quantitative estimate of drug-likeness (QED) is 0.592. The summed E-state index contributed by atoms with van der Waals surface area (Å²) in [5.74, 6) is 6.21. The fourth-order valence-corrected chi connectivity index (χ4v) is 3.29. The summed E-state index contributed by atoms with van der Waals surface area (Å²) < 4.78 is 0. The zero-order chi connectivity index (χ0) is 17.3. The second-order valence-corrected chi connectivity index (χ2v) is 6.55. The third-order valence-electron chi connectivity index (χ3n) is 4.70. The topological polar surface area (TPSA) is 20.3 Å². The Labute approximate surface area is 150 Å². The van der Waals surface area contributed by atoms with Crippen LogP contribution in [-0.2, 0) is 0 Å². The number of rotatable bonds is 5. The van der Waals surface area contributed by atoms with E-state index in [1.54, 1.807) is 0 Å². The Kier molecular flexibility index (Phi) is 6.42. The maximum absolute atomic E-state index is 12.9. The van der Waals surface area contributed by atoms with Crippen LogP contribution in [0.2, 0.25) is 0 Å². The first-order valence-electron chi connectivity index (χ1n) is 9.19. The van der Waals surface area contributed by atoms with Crippen molar-refractivity contribution >= 4 is 5.78 Å². The molecular weight excluding hydrogens is 306 g/mol. The molecule has 0 spiro atoms. The molecule has 2 nitrogen and oxygen atoms in total. The molecule has 2 aromatic rings. The van der Waals surface area contributed by atoms with Crippen LogP contribution in [0, 0.1) is 11.8 Å². The maximum atomic E-state index is 12.9. The lowest BCUT2D eigenvalue weighted by molar-refractivity contribution is 0.0979. The number of hydrogen-bond donors (Lipinski definition) is 0. The molecule has 0 saturated carbocycles. The van der Waals surface area contributed by atoms with Gasteiger partial charge in [-0.25, -0.2) is 0 Å². The summed E-state index contributed by atoms with van der Waals surface area (Å²) in [5.41, 5.74) is 1.70. The van der Waals surface area contributed by atoms with Crippen molar-refractivity contribution in [2.45, 2.75) is 31.6 Å². The van der Waals surface area contributed by atoms with Gasteiger partial charge in [0.05, 0.1) is 0 Å². The van der Waals surface area contributed by atoms with E-state index in [2.05, 4.69) is 16.7 Å². The van der Waals surface area contributed by atoms with Gasteiger partial charge in [0.25, 0.3) is 0 Å². The Hall–Kier alpha value is -2.37. The van der Waals surface area contributed by atoms with E-state index in [-0.39, 0.29) is 11.7 Å². The van der Waals surface area contributed by atoms with Crippen LogP contribution >= 0.6 is 0 Å². The van der Waals surface area contributed by atoms with Gasteiger partial charge in [0.15, 0.2) is 5.78 Å². The lowest BCUT2D eigenvalue weighted by Gasteiger charge is -2.25. The number of ketones is 1. The number of hydrogen-bond acceptors (Lipinski definition) is 2. The Balaban J connectivity index is 1.71. The third kappa shape index (κ3) is 5.05. The zero-order valence-electron chi connectivity index (χ0n) is 14.7. The molecule has 25 heavy (non-hydrogen) atoms. The van der Waals surface area contributed by atoms with Crippen LogP contribution in [0.5, 0.6) is 0 Å². The van der Waals surface area contributed by atoms with Crippen LogP contribution in [0.3, 0.4) is 0 Å². The lowest BCUT2D eigenvalue weighted by atomic mass is 9.91. The largest absolute Gasteiger partial charge is 0.302 e. The van der Waals surface area contributed by atoms with Crippen LogP contribution in [0.4, 0.5) is 0 Å². The van der Waals surface area contributed by atoms with Crippen molar-refractivity contribution in [1.29, 1.82) is 0 Å². The molecule has 1 saturated heterocycles. The highest BCUT2D eigenvalue weighted by Crippen LogP contribution is 2.20. The highest BCUT2D eigenvalue weighted by molar-refractivity contribution is 6.03. The second-order valence-electron chi connectivity index (χ2n) is 6.55. The van der Waals surface area contributed by atoms with Gasteiger partial charge in [0, 0.05) is 18.5 Å². The number of piperidine rings is 1. The molecule has 2 heteroatoms. The predicted molar refractivity (Wildman–Crippen MR) is 103 cm³/mol. The summed E-state index contributed by atoms with van der Waals surface area (Å²) in [6.45, 7) is 3.38. The summed E-state index contributed by atoms with van der Waals surface area (Å²) in [6, 6.07) is 19.4. The van der Waals surface area contributed by atoms with Crippen LogP contribution in [-0.4, -0.2) is 30.3 Å². The summed E-state index contributed by atoms with van der Waals surface area (Å²) in [5, 5.41) is 0. The minimum absolute atomic E-state index is 0.0808. The van der Waals surface area contributed by atoms with Crippen molar-refractivity contribution in [2.75, 3.05) is 19.6 Å². The zero-order valence-corrected chi connectivity index (χ0v) is 14.7. The van der Waals surface area contributed by atoms with E-state index in [4.69, 9.17) is 0 Å². The van der Waals surface area contributed by atoms with E-state index in [0.29, 0.717) is 0 Å². The number of likely N-dealkylation sites (tertiary alicyclic amines) is 1. The molecular formula is C23H25NO. The van der Waals surface area contributed by atoms with Crippen molar-refractivity contribution < 1.29 is 4.79 Å². The number of carbonyl (C=O) groups excluding carboxylic acids is 1. The molecule has 0 N–H and O–H groups in total. The molecule has 1 atom stereocenters. The van der Waals surface area contributed by atoms with Gasteiger partial charge in [0.1, 0.15) is 5.92 Å². The fourth-order valence-electron chi connectivity index (χ4n) is 3.29. The standard InChI is InChI=1S/C23H25NO/c25-23(21-14-6-2-7-15-21)22(20-12-4-1-5-13-20)16-8-11-19-24-17-9-3-10-18-24/h1-2,4-7,12-15,22H,3,9-11,17-19H2. The first-order valence-corrected chi connectivity index (χ1v) is 9.19. The van der Waals surface area contributed by atoms with Gasteiger partial charge in [-0.2, -0.15) is 0 Å². The summed E-state index contributed by atoms with van der Waals surface area (Å²) in [6.07, 6.45) is 4.77. The Morgan fingerprint density at radius 1 is 0.920 bits per heavy atom. The molecule has 0 amide bonds. The van der Waals surface area contributed by atoms with Gasteiger partial charge in [-0.1, -0.05) is 73.0 Å². The maximum Gasteiger partial charge on any atom is 0.182 e. The highest BCUT2D eigenvalue weighted by Gasteiger charge is 2.19. The van der Waals surface area contributed by atoms with Crippen molar-refractivity contribution in [1.82, 2.24) is 4.90 Å². The van der Waals surface area contributed by atoms with E-state index < -0.39 is 0 Å². The molecule has 0 aliphatic carbocycles. The van der Waals surface area contributed by atoms with Gasteiger partial charge >= 0.3 is 0 Å². The van der Waals surface area contributed by atoms with Gasteiger partial charge in [-0.05, 0) is 31.5 Å². The van der Waals surface area contributed by atoms with E-state index in [1.807, 2.05) is 60.7 Å². The number of Topliss-reactive ketones (excluding diaryl/α,β-unsaturated/α-hetero) is 1. The highest BCUT2D eigenvalue weighted by atomic mass is 16.1. The number of benzene rings is 2. The molecule has 2 aromatic carbocycles. The minimum atomic E-state index is -0.384. The average molecular weight is 331 g/mol. The van der Waals surface area contributed by atoms with E-state index in [0.717, 1.165) is 24.1 Å². The van der Waals surface area contributed by atoms with Gasteiger partial charge in [-0.3, -0.25) is 4.79 Å². The SMILES string of the molecule is O=C(c1ccccc1)C(C#CCCN1CCCCC1)c1ccccc1. The van der Waals surface area contributed by atoms with Crippen LogP contribution in [0.1, 0.15) is 47.5 Å². The lowest BCUT2D eigenvalue weighted by Crippen LogP contribution is -2.30. The molecule has 0 bridgehead atoms. The molecule has 1 fully saturated rings. The van der Waals surface area contributed by atoms with Crippen LogP contribution in [0.15, 0.2) is 60.7 Å². The molecule has 1 heterocycles. The Morgan fingerprint density at radius 3 is 2.24 bits per heavy atom. The molecule has 1 unspecified atom stereocenters. The third-order valence-corrected chi connectivity index (χ3v) is 4.70. The molecule has 0 aromatic heterocycles. The van der Waals surface area contributed by atoms with Crippen LogP contribution < -0.4 is 0 Å². The molecule has 128 valence electrons. The normalized spacial score (nSPS) is 15.8. The molecule has 3 rings (SSSR count). The summed E-state index contributed by atoms with van der Waals surface area (Å²) >= 11 is 0. The second kappa shape index (κ2) is 9.20. The monoisotopic (exact) mass is 331 g/mol. The Bertz CT molecular complexity index is 721. The van der Waals surface area contributed by atoms with E-state index in [1.165, 1.54) is 32.4 Å². The first kappa shape index (κ1) is 17.5. The van der Waals surface area contributed by atoms with Gasteiger partial charge in [0.2, 0.25) is 0 Å². The molecule has 1 aliphatic heterocycles. The first-order chi connectivity index (χ1) is 12.3. The minimum Gasteiger partial charge on any atom is -0.302 e. The van der Waals surface area contributed by atoms with Gasteiger partial charge in [-0.15, -0.1) is 5.92 Å². The van der Waals surface area contributed by atoms with Crippen LogP contribution in [0.25, 0.3) is 0 Å². The number of carbonyl (C=O) groups is 1. The summed E-state index contributed by atoms with van der Waals surface area (Å²) in [7, 11) is 0. The predicted octanol–water partition coefficient (Wildman–Crippen LogP) is 4.53. The van der Waals surface area contributed by atoms with Crippen molar-refractivity contribution in [3.8, 4) is 11.8 Å². The van der Waals surface area contributed by atoms with Crippen molar-refractivity contribution in [2.24, 2.45) is 0 Å². The molecule has 0 radical (unpaired) electrons. The Morgan fingerprint density at radius 2 is 1.56 bits per heavy atom. The number of nitrogens with zero attached hydrogens (tertiary/aromatic N) is 1. The van der Waals surface area contributed by atoms with Gasteiger partial charge < -0.3 is 4.90 Å². The fraction of sp³-hybridized carbons (Fsp3) is 0.348. The molecule has 1 aliphatic rings. The van der Waals surface area contributed by atoms with E-state index in [9.17, 15) is 4.79 Å². The van der Waals surface area contributed by atoms with Crippen molar-refractivity contribution in [3.63, 3.8) is 0 Å². The summed E-state index contributed by atoms with van der Waals surface area (Å²) in [4.78, 5) is 15.4. The van der Waals surface area contributed by atoms with Crippen molar-refractivity contribution in [3.05, 3.63) is 71.8 Å². The average Bonchev–Trinajstić information content (AvgIpc) is 2.70.